The molecule has 3 N–H and O–H groups in total. The predicted molar refractivity (Wildman–Crippen MR) is 112 cm³/mol. The van der Waals surface area contributed by atoms with Crippen molar-refractivity contribution in [3.05, 3.63) is 48.0 Å². The first-order valence-corrected chi connectivity index (χ1v) is 10.4. The Balaban J connectivity index is 1.52. The number of nitrogens with zero attached hydrogens (tertiary/aromatic N) is 1. The van der Waals surface area contributed by atoms with Crippen molar-refractivity contribution in [3.63, 3.8) is 0 Å². The highest BCUT2D eigenvalue weighted by molar-refractivity contribution is 5.92. The molecule has 3 atom stereocenters. The SMILES string of the molecule is C=CCC(C)(C)CNCCN1[C@@H]2CC[C@H]1C[C@@H](c1cccc(C(N)=O)c1)C2. The highest BCUT2D eigenvalue weighted by Crippen LogP contribution is 2.42. The second-order valence-corrected chi connectivity index (χ2v) is 9.11. The third-order valence-corrected chi connectivity index (χ3v) is 6.37. The lowest BCUT2D eigenvalue weighted by molar-refractivity contribution is 0.1000. The first-order valence-electron chi connectivity index (χ1n) is 10.4. The highest BCUT2D eigenvalue weighted by Gasteiger charge is 2.40. The summed E-state index contributed by atoms with van der Waals surface area (Å²) in [7, 11) is 0. The molecule has 1 aromatic carbocycles. The van der Waals surface area contributed by atoms with Gasteiger partial charge in [0.2, 0.25) is 5.91 Å². The number of piperidine rings is 1. The summed E-state index contributed by atoms with van der Waals surface area (Å²) < 4.78 is 0. The van der Waals surface area contributed by atoms with Gasteiger partial charge in [0.15, 0.2) is 0 Å². The molecule has 0 saturated carbocycles. The zero-order valence-corrected chi connectivity index (χ0v) is 16.9. The Hall–Kier alpha value is -1.65. The Labute approximate surface area is 164 Å². The molecule has 0 aromatic heterocycles. The molecule has 1 aromatic rings. The molecule has 0 spiro atoms. The number of allylic oxidation sites excluding steroid dienone is 1. The van der Waals surface area contributed by atoms with Gasteiger partial charge in [0, 0.05) is 37.3 Å². The minimum absolute atomic E-state index is 0.277. The fraction of sp³-hybridized carbons (Fsp3) is 0.609. The first kappa shape index (κ1) is 20.1. The number of carbonyl (C=O) groups is 1. The molecule has 2 bridgehead atoms. The molecule has 2 saturated heterocycles. The Morgan fingerprint density at radius 1 is 1.33 bits per heavy atom. The van der Waals surface area contributed by atoms with Crippen LogP contribution in [-0.4, -0.2) is 42.5 Å². The molecule has 4 heteroatoms. The second kappa shape index (κ2) is 8.57. The molecular weight excluding hydrogens is 334 g/mol. The van der Waals surface area contributed by atoms with Gasteiger partial charge in [-0.15, -0.1) is 6.58 Å². The summed E-state index contributed by atoms with van der Waals surface area (Å²) in [6, 6.07) is 9.30. The maximum Gasteiger partial charge on any atom is 0.248 e. The maximum absolute atomic E-state index is 11.5. The lowest BCUT2D eigenvalue weighted by Gasteiger charge is -2.39. The van der Waals surface area contributed by atoms with Crippen LogP contribution < -0.4 is 11.1 Å². The van der Waals surface area contributed by atoms with Crippen molar-refractivity contribution in [1.29, 1.82) is 0 Å². The fourth-order valence-electron chi connectivity index (χ4n) is 4.96. The lowest BCUT2D eigenvalue weighted by Crippen LogP contribution is -2.46. The van der Waals surface area contributed by atoms with Gasteiger partial charge < -0.3 is 11.1 Å². The third-order valence-electron chi connectivity index (χ3n) is 6.37. The zero-order valence-electron chi connectivity index (χ0n) is 16.9. The molecule has 2 aliphatic heterocycles. The fourth-order valence-corrected chi connectivity index (χ4v) is 4.96. The second-order valence-electron chi connectivity index (χ2n) is 9.11. The molecule has 3 rings (SSSR count). The number of nitrogens with one attached hydrogen (secondary N) is 1. The van der Waals surface area contributed by atoms with Crippen LogP contribution in [0.5, 0.6) is 0 Å². The van der Waals surface area contributed by atoms with Crippen LogP contribution in [0.1, 0.15) is 67.8 Å². The van der Waals surface area contributed by atoms with E-state index in [9.17, 15) is 4.79 Å². The summed E-state index contributed by atoms with van der Waals surface area (Å²) in [5.74, 6) is 0.222. The Morgan fingerprint density at radius 2 is 2.04 bits per heavy atom. The molecule has 27 heavy (non-hydrogen) atoms. The molecule has 1 amide bonds. The van der Waals surface area contributed by atoms with E-state index in [0.29, 0.717) is 23.6 Å². The van der Waals surface area contributed by atoms with Crippen molar-refractivity contribution in [1.82, 2.24) is 10.2 Å². The summed E-state index contributed by atoms with van der Waals surface area (Å²) in [5, 5.41) is 3.65. The molecule has 148 valence electrons. The van der Waals surface area contributed by atoms with Gasteiger partial charge in [0.05, 0.1) is 0 Å². The van der Waals surface area contributed by atoms with E-state index in [1.165, 1.54) is 31.2 Å². The molecule has 0 radical (unpaired) electrons. The summed E-state index contributed by atoms with van der Waals surface area (Å²) in [6.45, 7) is 11.7. The average molecular weight is 370 g/mol. The smallest absolute Gasteiger partial charge is 0.248 e. The van der Waals surface area contributed by atoms with Crippen molar-refractivity contribution in [3.8, 4) is 0 Å². The van der Waals surface area contributed by atoms with Gasteiger partial charge >= 0.3 is 0 Å². The van der Waals surface area contributed by atoms with Crippen molar-refractivity contribution in [2.24, 2.45) is 11.1 Å². The minimum Gasteiger partial charge on any atom is -0.366 e. The van der Waals surface area contributed by atoms with Crippen LogP contribution in [0.25, 0.3) is 0 Å². The largest absolute Gasteiger partial charge is 0.366 e. The van der Waals surface area contributed by atoms with E-state index in [1.807, 2.05) is 24.3 Å². The van der Waals surface area contributed by atoms with Gasteiger partial charge in [-0.25, -0.2) is 0 Å². The van der Waals surface area contributed by atoms with E-state index < -0.39 is 0 Å². The van der Waals surface area contributed by atoms with Gasteiger partial charge in [-0.3, -0.25) is 9.69 Å². The average Bonchev–Trinajstić information content (AvgIpc) is 2.86. The number of hydrogen-bond donors (Lipinski definition) is 2. The summed E-state index contributed by atoms with van der Waals surface area (Å²) in [6.07, 6.45) is 8.06. The number of rotatable bonds is 9. The maximum atomic E-state index is 11.5. The van der Waals surface area contributed by atoms with Crippen molar-refractivity contribution in [2.75, 3.05) is 19.6 Å². The number of amides is 1. The van der Waals surface area contributed by atoms with Crippen LogP contribution in [0, 0.1) is 5.41 Å². The van der Waals surface area contributed by atoms with E-state index in [-0.39, 0.29) is 11.3 Å². The van der Waals surface area contributed by atoms with E-state index >= 15 is 0 Å². The minimum atomic E-state index is -0.331. The molecule has 4 nitrogen and oxygen atoms in total. The van der Waals surface area contributed by atoms with Crippen LogP contribution in [0.3, 0.4) is 0 Å². The first-order chi connectivity index (χ1) is 12.9. The number of benzene rings is 1. The van der Waals surface area contributed by atoms with Crippen LogP contribution in [0.2, 0.25) is 0 Å². The summed E-state index contributed by atoms with van der Waals surface area (Å²) >= 11 is 0. The van der Waals surface area contributed by atoms with Crippen molar-refractivity contribution >= 4 is 5.91 Å². The van der Waals surface area contributed by atoms with E-state index in [0.717, 1.165) is 26.1 Å². The van der Waals surface area contributed by atoms with Crippen molar-refractivity contribution < 1.29 is 4.79 Å². The van der Waals surface area contributed by atoms with E-state index in [2.05, 4.69) is 36.7 Å². The normalized spacial score (nSPS) is 25.5. The molecule has 2 aliphatic rings. The molecule has 0 unspecified atom stereocenters. The van der Waals surface area contributed by atoms with Gasteiger partial charge in [-0.05, 0) is 61.1 Å². The number of carbonyl (C=O) groups excluding carboxylic acids is 1. The van der Waals surface area contributed by atoms with Gasteiger partial charge in [0.1, 0.15) is 0 Å². The van der Waals surface area contributed by atoms with E-state index in [1.54, 1.807) is 0 Å². The van der Waals surface area contributed by atoms with Gasteiger partial charge in [0.25, 0.3) is 0 Å². The van der Waals surface area contributed by atoms with Crippen LogP contribution in [0.15, 0.2) is 36.9 Å². The van der Waals surface area contributed by atoms with Gasteiger partial charge in [-0.1, -0.05) is 32.1 Å². The Morgan fingerprint density at radius 3 is 2.67 bits per heavy atom. The van der Waals surface area contributed by atoms with Crippen LogP contribution in [-0.2, 0) is 0 Å². The molecule has 2 heterocycles. The monoisotopic (exact) mass is 369 g/mol. The summed E-state index contributed by atoms with van der Waals surface area (Å²) in [5.41, 5.74) is 7.65. The summed E-state index contributed by atoms with van der Waals surface area (Å²) in [4.78, 5) is 14.2. The third kappa shape index (κ3) is 4.99. The Bertz CT molecular complexity index is 655. The molecule has 2 fully saturated rings. The van der Waals surface area contributed by atoms with E-state index in [4.69, 9.17) is 5.73 Å². The number of hydrogen-bond acceptors (Lipinski definition) is 3. The number of nitrogens with two attached hydrogens (primary N) is 1. The Kier molecular flexibility index (Phi) is 6.38. The number of primary amides is 1. The van der Waals surface area contributed by atoms with Gasteiger partial charge in [-0.2, -0.15) is 0 Å². The zero-order chi connectivity index (χ0) is 19.4. The molecule has 0 aliphatic carbocycles. The number of fused-ring (bicyclic) bond motifs is 2. The quantitative estimate of drug-likeness (QED) is 0.515. The lowest BCUT2D eigenvalue weighted by atomic mass is 9.84. The van der Waals surface area contributed by atoms with Crippen LogP contribution >= 0.6 is 0 Å². The molecular formula is C23H35N3O. The standard InChI is InChI=1S/C23H35N3O/c1-4-10-23(2,3)16-25-11-12-26-20-8-9-21(26)15-19(14-20)17-6-5-7-18(13-17)22(24)27/h4-7,13,19-21,25H,1,8-12,14-16H2,2-3H3,(H2,24,27)/t19-,20+,21-. The van der Waals surface area contributed by atoms with Crippen LogP contribution in [0.4, 0.5) is 0 Å². The highest BCUT2D eigenvalue weighted by atomic mass is 16.1. The van der Waals surface area contributed by atoms with Crippen molar-refractivity contribution in [2.45, 2.75) is 64.0 Å². The predicted octanol–water partition coefficient (Wildman–Crippen LogP) is 3.69. The topological polar surface area (TPSA) is 58.4 Å².